The Morgan fingerprint density at radius 2 is 1.59 bits per heavy atom. The summed E-state index contributed by atoms with van der Waals surface area (Å²) < 4.78 is 13.2. The van der Waals surface area contributed by atoms with Crippen molar-refractivity contribution < 1.29 is 5.82 Å². The summed E-state index contributed by atoms with van der Waals surface area (Å²) in [6.07, 6.45) is 7.12. The Kier molecular flexibility index (Phi) is 5.19. The van der Waals surface area contributed by atoms with Gasteiger partial charge in [0, 0.05) is 24.1 Å². The zero-order valence-corrected chi connectivity index (χ0v) is 15.6. The van der Waals surface area contributed by atoms with Crippen molar-refractivity contribution in [1.29, 1.82) is 0 Å². The molecule has 1 aliphatic carbocycles. The Morgan fingerprint density at radius 1 is 0.926 bits per heavy atom. The van der Waals surface area contributed by atoms with E-state index in [-0.39, 0.29) is 7.24 Å². The van der Waals surface area contributed by atoms with Gasteiger partial charge in [-0.25, -0.2) is 4.39 Å². The number of hydrogen-bond acceptors (Lipinski definition) is 2. The second kappa shape index (κ2) is 7.91. The van der Waals surface area contributed by atoms with Crippen molar-refractivity contribution in [2.24, 2.45) is 11.8 Å². The Balaban J connectivity index is 0.00000225. The maximum absolute atomic E-state index is 13.2. The lowest BCUT2D eigenvalue weighted by molar-refractivity contribution is 0.490. The van der Waals surface area contributed by atoms with Crippen LogP contribution in [0.4, 0.5) is 10.1 Å². The zero-order valence-electron chi connectivity index (χ0n) is 16.6. The Hall–Kier alpha value is -2.68. The quantitative estimate of drug-likeness (QED) is 0.596. The lowest BCUT2D eigenvalue weighted by Gasteiger charge is -2.22. The predicted octanol–water partition coefficient (Wildman–Crippen LogP) is 6.07. The third kappa shape index (κ3) is 4.36. The first-order valence-corrected chi connectivity index (χ1v) is 9.69. The van der Waals surface area contributed by atoms with Crippen LogP contribution < -0.4 is 5.32 Å². The molecular weight excluding hydrogens is 335 g/mol. The molecule has 1 aliphatic rings. The van der Waals surface area contributed by atoms with Crippen molar-refractivity contribution in [3.05, 3.63) is 84.4 Å². The van der Waals surface area contributed by atoms with E-state index in [9.17, 15) is 4.39 Å². The van der Waals surface area contributed by atoms with Gasteiger partial charge in [0.2, 0.25) is 0 Å². The lowest BCUT2D eigenvalue weighted by Crippen LogP contribution is -2.25. The van der Waals surface area contributed by atoms with E-state index in [2.05, 4.69) is 41.5 Å². The van der Waals surface area contributed by atoms with Crippen LogP contribution in [0, 0.1) is 17.7 Å². The minimum Gasteiger partial charge on any atom is -0.382 e. The van der Waals surface area contributed by atoms with E-state index in [0.29, 0.717) is 17.9 Å². The van der Waals surface area contributed by atoms with Gasteiger partial charge in [-0.1, -0.05) is 31.2 Å². The number of nitrogens with zero attached hydrogens (tertiary/aromatic N) is 1. The number of pyridine rings is 1. The summed E-state index contributed by atoms with van der Waals surface area (Å²) in [6, 6.07) is 20.1. The summed E-state index contributed by atoms with van der Waals surface area (Å²) in [4.78, 5) is 4.08. The van der Waals surface area contributed by atoms with Crippen LogP contribution in [0.15, 0.2) is 73.1 Å². The van der Waals surface area contributed by atoms with Crippen LogP contribution in [-0.2, 0) is 6.42 Å². The fraction of sp³-hybridized carbons (Fsp3) is 0.292. The summed E-state index contributed by atoms with van der Waals surface area (Å²) in [6.45, 7) is 2.33. The fourth-order valence-electron chi connectivity index (χ4n) is 4.25. The highest BCUT2D eigenvalue weighted by molar-refractivity contribution is 5.62. The van der Waals surface area contributed by atoms with Crippen molar-refractivity contribution in [1.82, 2.24) is 4.98 Å². The largest absolute Gasteiger partial charge is 1.00 e. The predicted molar refractivity (Wildman–Crippen MR) is 110 cm³/mol. The number of aromatic nitrogens is 1. The average molecular weight is 361 g/mol. The van der Waals surface area contributed by atoms with Gasteiger partial charge in [0.25, 0.3) is 0 Å². The molecular formula is C24H26FN2+. The SMILES string of the molecule is CC1CC(Cc2ccc(-c3ccncc3)cc2)C(Nc2ccc(F)cc2)C1.[H+]. The van der Waals surface area contributed by atoms with Gasteiger partial charge in [-0.05, 0) is 84.2 Å². The average Bonchev–Trinajstić information content (AvgIpc) is 3.03. The zero-order chi connectivity index (χ0) is 18.6. The molecule has 1 aromatic heterocycles. The van der Waals surface area contributed by atoms with E-state index in [0.717, 1.165) is 18.5 Å². The highest BCUT2D eigenvalue weighted by Gasteiger charge is 2.31. The van der Waals surface area contributed by atoms with Gasteiger partial charge < -0.3 is 5.32 Å². The summed E-state index contributed by atoms with van der Waals surface area (Å²) in [5, 5.41) is 3.63. The first-order valence-electron chi connectivity index (χ1n) is 9.69. The third-order valence-electron chi connectivity index (χ3n) is 5.59. The second-order valence-corrected chi connectivity index (χ2v) is 7.73. The second-order valence-electron chi connectivity index (χ2n) is 7.73. The smallest absolute Gasteiger partial charge is 0.382 e. The van der Waals surface area contributed by atoms with Gasteiger partial charge in [-0.3, -0.25) is 4.98 Å². The molecule has 1 saturated carbocycles. The molecule has 138 valence electrons. The van der Waals surface area contributed by atoms with E-state index < -0.39 is 0 Å². The summed E-state index contributed by atoms with van der Waals surface area (Å²) in [5.41, 5.74) is 4.80. The van der Waals surface area contributed by atoms with Crippen LogP contribution in [0.1, 0.15) is 26.8 Å². The minimum absolute atomic E-state index is 0. The summed E-state index contributed by atoms with van der Waals surface area (Å²) in [5.74, 6) is 1.12. The first-order chi connectivity index (χ1) is 13.2. The van der Waals surface area contributed by atoms with Crippen LogP contribution >= 0.6 is 0 Å². The van der Waals surface area contributed by atoms with Crippen molar-refractivity contribution in [2.45, 2.75) is 32.2 Å². The van der Waals surface area contributed by atoms with Crippen LogP contribution in [-0.4, -0.2) is 11.0 Å². The van der Waals surface area contributed by atoms with Crippen molar-refractivity contribution in [3.63, 3.8) is 0 Å². The molecule has 1 N–H and O–H groups in total. The Labute approximate surface area is 162 Å². The standard InChI is InChI=1S/C24H25FN2/c1-17-14-21(24(15-17)27-23-8-6-22(25)7-9-23)16-18-2-4-19(5-3-18)20-10-12-26-13-11-20/h2-13,17,21,24,27H,14-16H2,1H3/p+1. The van der Waals surface area contributed by atoms with Crippen molar-refractivity contribution >= 4 is 5.69 Å². The van der Waals surface area contributed by atoms with Crippen LogP contribution in [0.5, 0.6) is 0 Å². The molecule has 27 heavy (non-hydrogen) atoms. The maximum Gasteiger partial charge on any atom is 1.00 e. The number of benzene rings is 2. The molecule has 3 heteroatoms. The third-order valence-corrected chi connectivity index (χ3v) is 5.59. The van der Waals surface area contributed by atoms with Gasteiger partial charge in [0.1, 0.15) is 5.82 Å². The van der Waals surface area contributed by atoms with Gasteiger partial charge in [0.05, 0.1) is 0 Å². The molecule has 2 nitrogen and oxygen atoms in total. The molecule has 4 rings (SSSR count). The van der Waals surface area contributed by atoms with E-state index in [4.69, 9.17) is 0 Å². The Morgan fingerprint density at radius 3 is 2.30 bits per heavy atom. The Bertz CT molecular complexity index is 865. The molecule has 0 saturated heterocycles. The molecule has 1 heterocycles. The molecule has 0 amide bonds. The van der Waals surface area contributed by atoms with Gasteiger partial charge in [-0.15, -0.1) is 0 Å². The normalized spacial score (nSPS) is 21.9. The van der Waals surface area contributed by atoms with Crippen molar-refractivity contribution in [3.8, 4) is 11.1 Å². The highest BCUT2D eigenvalue weighted by atomic mass is 19.1. The van der Waals surface area contributed by atoms with E-state index >= 15 is 0 Å². The molecule has 0 spiro atoms. The number of halogens is 1. The fourth-order valence-corrected chi connectivity index (χ4v) is 4.25. The molecule has 0 bridgehead atoms. The van der Waals surface area contributed by atoms with E-state index in [1.165, 1.54) is 35.2 Å². The highest BCUT2D eigenvalue weighted by Crippen LogP contribution is 2.35. The number of nitrogens with one attached hydrogen (secondary N) is 1. The topological polar surface area (TPSA) is 24.9 Å². The molecule has 3 atom stereocenters. The van der Waals surface area contributed by atoms with E-state index in [1.807, 2.05) is 36.7 Å². The molecule has 1 fully saturated rings. The van der Waals surface area contributed by atoms with Crippen LogP contribution in [0.2, 0.25) is 0 Å². The maximum atomic E-state index is 13.2. The molecule has 3 unspecified atom stereocenters. The van der Waals surface area contributed by atoms with Gasteiger partial charge in [0.15, 0.2) is 0 Å². The number of hydrogen-bond donors (Lipinski definition) is 1. The molecule has 3 aromatic rings. The van der Waals surface area contributed by atoms with Crippen LogP contribution in [0.3, 0.4) is 0 Å². The van der Waals surface area contributed by atoms with Crippen LogP contribution in [0.25, 0.3) is 11.1 Å². The summed E-state index contributed by atoms with van der Waals surface area (Å²) in [7, 11) is 0. The summed E-state index contributed by atoms with van der Waals surface area (Å²) >= 11 is 0. The van der Waals surface area contributed by atoms with Gasteiger partial charge >= 0.3 is 1.43 Å². The molecule has 0 radical (unpaired) electrons. The number of anilines is 1. The first kappa shape index (κ1) is 17.7. The van der Waals surface area contributed by atoms with Crippen molar-refractivity contribution in [2.75, 3.05) is 5.32 Å². The molecule has 0 aliphatic heterocycles. The minimum atomic E-state index is -0.189. The monoisotopic (exact) mass is 361 g/mol. The number of rotatable bonds is 5. The molecule has 2 aromatic carbocycles. The van der Waals surface area contributed by atoms with Gasteiger partial charge in [-0.2, -0.15) is 0 Å². The van der Waals surface area contributed by atoms with E-state index in [1.54, 1.807) is 0 Å². The lowest BCUT2D eigenvalue weighted by atomic mass is 9.93.